The number of aromatic hydroxyl groups is 1. The number of aromatic nitrogens is 3. The van der Waals surface area contributed by atoms with Gasteiger partial charge in [0.2, 0.25) is 0 Å². The molecule has 1 N–H and O–H groups in total. The Morgan fingerprint density at radius 1 is 0.650 bits per heavy atom. The Bertz CT molecular complexity index is 1640. The highest BCUT2D eigenvalue weighted by molar-refractivity contribution is 7.99. The predicted molar refractivity (Wildman–Crippen MR) is 166 cm³/mol. The molecule has 2 heterocycles. The second kappa shape index (κ2) is 10.9. The Morgan fingerprint density at radius 3 is 2.02 bits per heavy atom. The van der Waals surface area contributed by atoms with Gasteiger partial charge in [0.1, 0.15) is 10.8 Å². The maximum absolute atomic E-state index is 11.6. The molecule has 0 saturated carbocycles. The number of hydrogen-bond acceptors (Lipinski definition) is 5. The Morgan fingerprint density at radius 2 is 1.35 bits per heavy atom. The van der Waals surface area contributed by atoms with Crippen molar-refractivity contribution in [1.29, 1.82) is 0 Å². The van der Waals surface area contributed by atoms with Gasteiger partial charge in [0.05, 0.1) is 11.4 Å². The van der Waals surface area contributed by atoms with E-state index >= 15 is 0 Å². The van der Waals surface area contributed by atoms with Crippen LogP contribution in [0.4, 0.5) is 0 Å². The summed E-state index contributed by atoms with van der Waals surface area (Å²) in [6, 6.07) is 30.4. The normalized spacial score (nSPS) is 11.9. The quantitative estimate of drug-likeness (QED) is 0.238. The molecule has 4 nitrogen and oxygen atoms in total. The molecule has 0 aliphatic rings. The lowest BCUT2D eigenvalue weighted by atomic mass is 9.78. The number of nitrogens with zero attached hydrogens (tertiary/aromatic N) is 3. The molecule has 5 rings (SSSR count). The summed E-state index contributed by atoms with van der Waals surface area (Å²) in [6.07, 6.45) is 1.80. The maximum atomic E-state index is 11.6. The molecule has 0 atom stereocenters. The molecular weight excluding hydrogens is 510 g/mol. The van der Waals surface area contributed by atoms with Gasteiger partial charge in [0.15, 0.2) is 5.82 Å². The molecule has 0 radical (unpaired) electrons. The first-order valence-corrected chi connectivity index (χ1v) is 14.3. The molecule has 0 bridgehead atoms. The van der Waals surface area contributed by atoms with Gasteiger partial charge >= 0.3 is 0 Å². The molecule has 0 aliphatic carbocycles. The summed E-state index contributed by atoms with van der Waals surface area (Å²) < 4.78 is 0. The fraction of sp³-hybridized carbons (Fsp3) is 0.229. The zero-order chi connectivity index (χ0) is 28.5. The largest absolute Gasteiger partial charge is 0.507 e. The molecule has 5 aromatic rings. The van der Waals surface area contributed by atoms with Crippen molar-refractivity contribution in [3.63, 3.8) is 0 Å². The number of phenolic OH excluding ortho intramolecular Hbond substituents is 1. The second-order valence-corrected chi connectivity index (χ2v) is 13.1. The van der Waals surface area contributed by atoms with E-state index in [4.69, 9.17) is 9.97 Å². The van der Waals surface area contributed by atoms with E-state index in [1.54, 1.807) is 18.0 Å². The second-order valence-electron chi connectivity index (χ2n) is 12.0. The molecule has 3 aromatic carbocycles. The zero-order valence-electron chi connectivity index (χ0n) is 23.9. The lowest BCUT2D eigenvalue weighted by molar-refractivity contribution is 0.446. The standard InChI is InChI=1S/C35H35N3OS/c1-34(2,3)25-20-27(32(39)28(21-25)35(4,5)6)30-22-29(23-13-8-7-9-14-23)37-33(38-30)24-15-12-16-26(19-24)40-31-17-10-11-18-36-31/h7-22,39H,1-6H3. The Hall–Kier alpha value is -3.96. The van der Waals surface area contributed by atoms with Crippen molar-refractivity contribution in [2.45, 2.75) is 62.3 Å². The summed E-state index contributed by atoms with van der Waals surface area (Å²) >= 11 is 1.60. The first-order valence-electron chi connectivity index (χ1n) is 13.5. The van der Waals surface area contributed by atoms with Gasteiger partial charge in [-0.25, -0.2) is 15.0 Å². The van der Waals surface area contributed by atoms with E-state index in [2.05, 4.69) is 82.9 Å². The summed E-state index contributed by atoms with van der Waals surface area (Å²) in [7, 11) is 0. The van der Waals surface area contributed by atoms with Crippen molar-refractivity contribution in [2.75, 3.05) is 0 Å². The zero-order valence-corrected chi connectivity index (χ0v) is 24.8. The highest BCUT2D eigenvalue weighted by Gasteiger charge is 2.26. The molecule has 0 amide bonds. The lowest BCUT2D eigenvalue weighted by Gasteiger charge is -2.27. The van der Waals surface area contributed by atoms with Gasteiger partial charge in [0, 0.05) is 33.3 Å². The van der Waals surface area contributed by atoms with Gasteiger partial charge in [-0.2, -0.15) is 0 Å². The van der Waals surface area contributed by atoms with E-state index in [1.165, 1.54) is 0 Å². The highest BCUT2D eigenvalue weighted by atomic mass is 32.2. The summed E-state index contributed by atoms with van der Waals surface area (Å²) in [5, 5.41) is 12.6. The predicted octanol–water partition coefficient (Wildman–Crippen LogP) is 9.32. The van der Waals surface area contributed by atoms with E-state index in [0.29, 0.717) is 11.5 Å². The lowest BCUT2D eigenvalue weighted by Crippen LogP contribution is -2.17. The first-order chi connectivity index (χ1) is 19.0. The SMILES string of the molecule is CC(C)(C)c1cc(-c2cc(-c3ccccc3)nc(-c3cccc(Sc4ccccn4)c3)n2)c(O)c(C(C)(C)C)c1. The van der Waals surface area contributed by atoms with Crippen LogP contribution < -0.4 is 0 Å². The van der Waals surface area contributed by atoms with E-state index in [9.17, 15) is 5.11 Å². The maximum Gasteiger partial charge on any atom is 0.160 e. The fourth-order valence-electron chi connectivity index (χ4n) is 4.53. The Balaban J connectivity index is 1.71. The van der Waals surface area contributed by atoms with E-state index < -0.39 is 0 Å². The number of benzene rings is 3. The van der Waals surface area contributed by atoms with Crippen LogP contribution in [0.2, 0.25) is 0 Å². The molecule has 0 unspecified atom stereocenters. The molecule has 0 fully saturated rings. The topological polar surface area (TPSA) is 58.9 Å². The van der Waals surface area contributed by atoms with Crippen LogP contribution in [-0.4, -0.2) is 20.1 Å². The average Bonchev–Trinajstić information content (AvgIpc) is 2.93. The van der Waals surface area contributed by atoms with Gasteiger partial charge in [-0.3, -0.25) is 0 Å². The smallest absolute Gasteiger partial charge is 0.160 e. The molecule has 2 aromatic heterocycles. The van der Waals surface area contributed by atoms with Crippen LogP contribution in [-0.2, 0) is 10.8 Å². The minimum absolute atomic E-state index is 0.0996. The van der Waals surface area contributed by atoms with Crippen molar-refractivity contribution in [3.8, 4) is 39.7 Å². The van der Waals surface area contributed by atoms with Gasteiger partial charge < -0.3 is 5.11 Å². The number of rotatable bonds is 5. The van der Waals surface area contributed by atoms with Gasteiger partial charge in [0.25, 0.3) is 0 Å². The van der Waals surface area contributed by atoms with Crippen LogP contribution in [0, 0.1) is 0 Å². The van der Waals surface area contributed by atoms with Crippen LogP contribution in [0.25, 0.3) is 33.9 Å². The molecule has 0 spiro atoms. The summed E-state index contributed by atoms with van der Waals surface area (Å²) in [5.41, 5.74) is 5.84. The molecule has 0 aliphatic heterocycles. The third kappa shape index (κ3) is 6.10. The molecule has 0 saturated heterocycles. The number of hydrogen-bond donors (Lipinski definition) is 1. The van der Waals surface area contributed by atoms with Crippen LogP contribution >= 0.6 is 11.8 Å². The van der Waals surface area contributed by atoms with Crippen LogP contribution in [0.15, 0.2) is 107 Å². The average molecular weight is 546 g/mol. The Labute approximate surface area is 241 Å². The molecule has 202 valence electrons. The van der Waals surface area contributed by atoms with Gasteiger partial charge in [-0.1, -0.05) is 108 Å². The third-order valence-corrected chi connectivity index (χ3v) is 7.75. The van der Waals surface area contributed by atoms with E-state index in [1.807, 2.05) is 54.6 Å². The van der Waals surface area contributed by atoms with Crippen molar-refractivity contribution in [3.05, 3.63) is 108 Å². The van der Waals surface area contributed by atoms with Crippen molar-refractivity contribution < 1.29 is 5.11 Å². The van der Waals surface area contributed by atoms with Crippen LogP contribution in [0.1, 0.15) is 52.7 Å². The highest BCUT2D eigenvalue weighted by Crippen LogP contribution is 2.42. The van der Waals surface area contributed by atoms with Crippen molar-refractivity contribution in [1.82, 2.24) is 15.0 Å². The summed E-state index contributed by atoms with van der Waals surface area (Å²) in [4.78, 5) is 15.6. The van der Waals surface area contributed by atoms with E-state index in [0.717, 1.165) is 43.4 Å². The van der Waals surface area contributed by atoms with Crippen molar-refractivity contribution >= 4 is 11.8 Å². The minimum atomic E-state index is -0.241. The minimum Gasteiger partial charge on any atom is -0.507 e. The molecule has 5 heteroatoms. The fourth-order valence-corrected chi connectivity index (χ4v) is 5.37. The number of phenols is 1. The molecule has 40 heavy (non-hydrogen) atoms. The van der Waals surface area contributed by atoms with E-state index in [-0.39, 0.29) is 16.6 Å². The monoisotopic (exact) mass is 545 g/mol. The van der Waals surface area contributed by atoms with Crippen molar-refractivity contribution in [2.24, 2.45) is 0 Å². The van der Waals surface area contributed by atoms with Gasteiger partial charge in [-0.15, -0.1) is 0 Å². The summed E-state index contributed by atoms with van der Waals surface area (Å²) in [5.74, 6) is 0.876. The summed E-state index contributed by atoms with van der Waals surface area (Å²) in [6.45, 7) is 13.0. The van der Waals surface area contributed by atoms with Crippen LogP contribution in [0.5, 0.6) is 5.75 Å². The Kier molecular flexibility index (Phi) is 7.52. The van der Waals surface area contributed by atoms with Crippen LogP contribution in [0.3, 0.4) is 0 Å². The molecular formula is C35H35N3OS. The van der Waals surface area contributed by atoms with Gasteiger partial charge in [-0.05, 0) is 52.8 Å². The number of pyridine rings is 1. The third-order valence-electron chi connectivity index (χ3n) is 6.81. The first kappa shape index (κ1) is 27.6.